The summed E-state index contributed by atoms with van der Waals surface area (Å²) in [7, 11) is 1.44. The first-order valence-corrected chi connectivity index (χ1v) is 10.5. The summed E-state index contributed by atoms with van der Waals surface area (Å²) < 4.78 is 9.18. The van der Waals surface area contributed by atoms with E-state index in [9.17, 15) is 4.79 Å². The van der Waals surface area contributed by atoms with Gasteiger partial charge in [0.25, 0.3) is 0 Å². The zero-order valence-electron chi connectivity index (χ0n) is 8.27. The summed E-state index contributed by atoms with van der Waals surface area (Å²) in [5.41, 5.74) is 0. The first-order valence-electron chi connectivity index (χ1n) is 4.05. The van der Waals surface area contributed by atoms with Gasteiger partial charge in [0.2, 0.25) is 0 Å². The first-order chi connectivity index (χ1) is 7.17. The Morgan fingerprint density at radius 2 is 2.13 bits per heavy atom. The number of carbonyl (C=O) groups excluding carboxylic acids is 1. The van der Waals surface area contributed by atoms with Crippen LogP contribution in [0.1, 0.15) is 6.42 Å². The Morgan fingerprint density at radius 1 is 1.47 bits per heavy atom. The van der Waals surface area contributed by atoms with Crippen molar-refractivity contribution in [1.29, 1.82) is 0 Å². The molecule has 0 aliphatic carbocycles. The molecule has 0 fully saturated rings. The van der Waals surface area contributed by atoms with Gasteiger partial charge in [0.15, 0.2) is 0 Å². The summed E-state index contributed by atoms with van der Waals surface area (Å²) in [6.07, 6.45) is 2.64. The third kappa shape index (κ3) is 5.01. The molecule has 1 rings (SSSR count). The molecule has 0 bridgehead atoms. The number of carbonyl (C=O) groups is 1. The Labute approximate surface area is 117 Å². The third-order valence-corrected chi connectivity index (χ3v) is 12.9. The average molecular weight is 439 g/mol. The van der Waals surface area contributed by atoms with Crippen molar-refractivity contribution >= 4 is 74.1 Å². The van der Waals surface area contributed by atoms with Gasteiger partial charge in [0.05, 0.1) is 0 Å². The van der Waals surface area contributed by atoms with E-state index in [1.54, 1.807) is 0 Å². The maximum absolute atomic E-state index is 10.9. The van der Waals surface area contributed by atoms with Gasteiger partial charge in [-0.25, -0.2) is 0 Å². The summed E-state index contributed by atoms with van der Waals surface area (Å²) >= 11 is 7.90. The molecule has 0 saturated heterocycles. The van der Waals surface area contributed by atoms with E-state index >= 15 is 0 Å². The molecule has 0 saturated carbocycles. The van der Waals surface area contributed by atoms with Gasteiger partial charge in [-0.1, -0.05) is 0 Å². The van der Waals surface area contributed by atoms with Gasteiger partial charge in [0, 0.05) is 0 Å². The van der Waals surface area contributed by atoms with Crippen molar-refractivity contribution in [3.05, 3.63) is 1.81 Å². The summed E-state index contributed by atoms with van der Waals surface area (Å²) in [5, 5.41) is 0. The van der Waals surface area contributed by atoms with Crippen LogP contribution < -0.4 is 0 Å². The van der Waals surface area contributed by atoms with Gasteiger partial charge in [0.1, 0.15) is 0 Å². The van der Waals surface area contributed by atoms with E-state index in [2.05, 4.69) is 26.6 Å². The van der Waals surface area contributed by atoms with Gasteiger partial charge in [-0.15, -0.1) is 0 Å². The number of ether oxygens (including phenoxy) is 1. The Balaban J connectivity index is 2.50. The number of thioether (sulfide) groups is 2. The second-order valence-electron chi connectivity index (χ2n) is 2.41. The fraction of sp³-hybridized carbons (Fsp3) is 0.500. The topological polar surface area (TPSA) is 26.3 Å². The molecule has 0 N–H and O–H groups in total. The molecule has 1 aromatic rings. The Kier molecular flexibility index (Phi) is 7.32. The van der Waals surface area contributed by atoms with Gasteiger partial charge < -0.3 is 0 Å². The fourth-order valence-electron chi connectivity index (χ4n) is 0.798. The second-order valence-corrected chi connectivity index (χ2v) is 14.6. The van der Waals surface area contributed by atoms with Crippen LogP contribution in [0.4, 0.5) is 0 Å². The molecule has 0 radical (unpaired) electrons. The number of hydrogen-bond donors (Lipinski definition) is 0. The summed E-state index contributed by atoms with van der Waals surface area (Å²) in [4.78, 5) is 10.9. The Bertz CT molecular complexity index is 385. The molecule has 2 nitrogen and oxygen atoms in total. The zero-order valence-corrected chi connectivity index (χ0v) is 15.0. The molecule has 84 valence electrons. The number of esters is 1. The van der Waals surface area contributed by atoms with Crippen LogP contribution in [0.3, 0.4) is 0 Å². The van der Waals surface area contributed by atoms with Crippen LogP contribution in [0.25, 0.3) is 0 Å². The molecule has 1 heterocycles. The molecular formula is C8H10O2S2Se3. The van der Waals surface area contributed by atoms with E-state index in [1.165, 1.54) is 16.5 Å². The monoisotopic (exact) mass is 442 g/mol. The molecular weight excluding hydrogens is 429 g/mol. The second kappa shape index (κ2) is 7.62. The predicted molar refractivity (Wildman–Crippen MR) is 68.5 cm³/mol. The van der Waals surface area contributed by atoms with Gasteiger partial charge in [-0.3, -0.25) is 0 Å². The predicted octanol–water partition coefficient (Wildman–Crippen LogP) is 0.878. The van der Waals surface area contributed by atoms with E-state index < -0.39 is 0 Å². The van der Waals surface area contributed by atoms with Crippen molar-refractivity contribution in [1.82, 2.24) is 0 Å². The van der Waals surface area contributed by atoms with E-state index in [0.29, 0.717) is 35.4 Å². The van der Waals surface area contributed by atoms with Crippen LogP contribution in [-0.4, -0.2) is 69.7 Å². The van der Waals surface area contributed by atoms with Crippen LogP contribution in [0.5, 0.6) is 0 Å². The molecule has 0 amide bonds. The number of methoxy groups -OCH3 is 1. The van der Waals surface area contributed by atoms with Crippen molar-refractivity contribution in [2.24, 2.45) is 0 Å². The summed E-state index contributed by atoms with van der Waals surface area (Å²) in [5.74, 6) is 0.731. The van der Waals surface area contributed by atoms with E-state index in [4.69, 9.17) is 0 Å². The van der Waals surface area contributed by atoms with Crippen LogP contribution in [0, 0.1) is 1.81 Å². The van der Waals surface area contributed by atoms with E-state index in [0.717, 1.165) is 5.75 Å². The zero-order chi connectivity index (χ0) is 11.3. The van der Waals surface area contributed by atoms with Crippen molar-refractivity contribution < 1.29 is 9.53 Å². The normalized spacial score (nSPS) is 10.3. The van der Waals surface area contributed by atoms with Crippen LogP contribution in [0.15, 0.2) is 7.54 Å². The minimum atomic E-state index is -0.114. The van der Waals surface area contributed by atoms with Crippen LogP contribution in [0.2, 0.25) is 0 Å². The average Bonchev–Trinajstić information content (AvgIpc) is 2.58. The standard InChI is InChI=1S/C8H10O2S2Se3/c1-10-5(9)3-4-12-7-6(11-2)14-8(13)15-7/h3-4H2,1-2H3. The molecule has 0 unspecified atom stereocenters. The molecule has 1 aromatic heterocycles. The maximum atomic E-state index is 10.9. The van der Waals surface area contributed by atoms with Crippen molar-refractivity contribution in [3.63, 3.8) is 0 Å². The van der Waals surface area contributed by atoms with Crippen molar-refractivity contribution in [3.8, 4) is 0 Å². The third-order valence-electron chi connectivity index (χ3n) is 1.47. The van der Waals surface area contributed by atoms with Crippen LogP contribution >= 0.6 is 23.5 Å². The summed E-state index contributed by atoms with van der Waals surface area (Å²) in [6, 6.07) is 0. The molecule has 15 heavy (non-hydrogen) atoms. The molecule has 0 atom stereocenters. The Morgan fingerprint density at radius 3 is 2.73 bits per heavy atom. The van der Waals surface area contributed by atoms with Gasteiger partial charge in [-0.05, 0) is 0 Å². The molecule has 0 spiro atoms. The molecule has 0 aromatic carbocycles. The SMILES string of the molecule is COC(=O)CCSc1[se]c(=[Se])[se]c1SC. The Hall–Kier alpha value is 1.34. The van der Waals surface area contributed by atoms with E-state index in [-0.39, 0.29) is 5.97 Å². The van der Waals surface area contributed by atoms with Crippen molar-refractivity contribution in [2.45, 2.75) is 14.0 Å². The number of hydrogen-bond acceptors (Lipinski definition) is 4. The minimum absolute atomic E-state index is 0.114. The first kappa shape index (κ1) is 14.4. The quantitative estimate of drug-likeness (QED) is 0.387. The van der Waals surface area contributed by atoms with Crippen molar-refractivity contribution in [2.75, 3.05) is 19.1 Å². The number of rotatable bonds is 5. The molecule has 0 aliphatic rings. The summed E-state index contributed by atoms with van der Waals surface area (Å²) in [6.45, 7) is 0. The van der Waals surface area contributed by atoms with Gasteiger partial charge in [-0.2, -0.15) is 0 Å². The molecule has 0 aliphatic heterocycles. The van der Waals surface area contributed by atoms with Gasteiger partial charge >= 0.3 is 118 Å². The van der Waals surface area contributed by atoms with E-state index in [1.807, 2.05) is 23.5 Å². The fourth-order valence-corrected chi connectivity index (χ4v) is 14.3. The van der Waals surface area contributed by atoms with Crippen LogP contribution in [-0.2, 0) is 9.53 Å². The molecule has 7 heteroatoms.